The van der Waals surface area contributed by atoms with Crippen molar-refractivity contribution in [3.8, 4) is 17.2 Å². The van der Waals surface area contributed by atoms with E-state index in [4.69, 9.17) is 9.15 Å². The highest BCUT2D eigenvalue weighted by molar-refractivity contribution is 5.96. The van der Waals surface area contributed by atoms with Crippen LogP contribution in [0.15, 0.2) is 28.7 Å². The Balaban J connectivity index is 1.78. The number of nitrogens with one attached hydrogen (secondary N) is 2. The quantitative estimate of drug-likeness (QED) is 0.0349. The Morgan fingerprint density at radius 1 is 1.00 bits per heavy atom. The molecule has 1 aliphatic rings. The molecular formula is C40H61N5O11. The van der Waals surface area contributed by atoms with E-state index in [0.29, 0.717) is 42.4 Å². The summed E-state index contributed by atoms with van der Waals surface area (Å²) in [5.41, 5.74) is 0.165. The lowest BCUT2D eigenvalue weighted by molar-refractivity contribution is -0.316. The fraction of sp³-hybridized carbons (Fsp3) is 0.650. The second kappa shape index (κ2) is 24.2. The number of phenols is 1. The van der Waals surface area contributed by atoms with Crippen molar-refractivity contribution in [2.24, 2.45) is 5.92 Å². The zero-order valence-electron chi connectivity index (χ0n) is 33.3. The van der Waals surface area contributed by atoms with Gasteiger partial charge < -0.3 is 29.7 Å². The van der Waals surface area contributed by atoms with Gasteiger partial charge in [-0.25, -0.2) is 14.8 Å². The van der Waals surface area contributed by atoms with Crippen molar-refractivity contribution >= 4 is 29.7 Å². The van der Waals surface area contributed by atoms with Gasteiger partial charge in [-0.05, 0) is 75.6 Å². The number of aromatic nitrogens is 1. The van der Waals surface area contributed by atoms with Crippen molar-refractivity contribution in [2.45, 2.75) is 149 Å². The summed E-state index contributed by atoms with van der Waals surface area (Å²) in [6, 6.07) is 4.21. The molecule has 312 valence electrons. The number of rotatable bonds is 24. The summed E-state index contributed by atoms with van der Waals surface area (Å²) in [7, 11) is 0. The zero-order chi connectivity index (χ0) is 41.0. The molecule has 0 spiro atoms. The molecule has 0 saturated carbocycles. The minimum atomic E-state index is -1.22. The van der Waals surface area contributed by atoms with Crippen molar-refractivity contribution in [1.82, 2.24) is 25.9 Å². The van der Waals surface area contributed by atoms with Crippen LogP contribution >= 0.6 is 0 Å². The van der Waals surface area contributed by atoms with Gasteiger partial charge in [-0.1, -0.05) is 77.3 Å². The van der Waals surface area contributed by atoms with Gasteiger partial charge in [0, 0.05) is 13.5 Å². The highest BCUT2D eigenvalue weighted by atomic mass is 16.9. The summed E-state index contributed by atoms with van der Waals surface area (Å²) < 4.78 is 11.7. The van der Waals surface area contributed by atoms with Crippen LogP contribution in [-0.4, -0.2) is 91.7 Å². The van der Waals surface area contributed by atoms with Crippen molar-refractivity contribution in [1.29, 1.82) is 0 Å². The molecule has 16 nitrogen and oxygen atoms in total. The van der Waals surface area contributed by atoms with Gasteiger partial charge in [0.1, 0.15) is 29.7 Å². The van der Waals surface area contributed by atoms with Crippen LogP contribution in [-0.2, 0) is 28.8 Å². The molecule has 0 aliphatic carbocycles. The lowest BCUT2D eigenvalue weighted by Gasteiger charge is -2.28. The summed E-state index contributed by atoms with van der Waals surface area (Å²) in [5.74, 6) is -4.15. The average molecular weight is 788 g/mol. The first-order chi connectivity index (χ1) is 26.8. The van der Waals surface area contributed by atoms with Gasteiger partial charge in [0.25, 0.3) is 11.8 Å². The summed E-state index contributed by atoms with van der Waals surface area (Å²) in [6.45, 7) is 6.59. The van der Waals surface area contributed by atoms with Crippen molar-refractivity contribution in [3.05, 3.63) is 35.7 Å². The van der Waals surface area contributed by atoms with Crippen molar-refractivity contribution < 1.29 is 53.5 Å². The van der Waals surface area contributed by atoms with E-state index in [2.05, 4.69) is 27.4 Å². The van der Waals surface area contributed by atoms with Crippen molar-refractivity contribution in [3.63, 3.8) is 0 Å². The smallest absolute Gasteiger partial charge is 0.328 e. The maximum absolute atomic E-state index is 14.0. The van der Waals surface area contributed by atoms with Crippen molar-refractivity contribution in [2.75, 3.05) is 13.1 Å². The lowest BCUT2D eigenvalue weighted by Crippen LogP contribution is -2.50. The van der Waals surface area contributed by atoms with E-state index in [1.807, 2.05) is 0 Å². The van der Waals surface area contributed by atoms with E-state index < -0.39 is 53.8 Å². The van der Waals surface area contributed by atoms with E-state index in [0.717, 1.165) is 32.6 Å². The fourth-order valence-electron chi connectivity index (χ4n) is 6.57. The lowest BCUT2D eigenvalue weighted by atomic mass is 9.96. The van der Waals surface area contributed by atoms with Gasteiger partial charge >= 0.3 is 11.9 Å². The van der Waals surface area contributed by atoms with E-state index >= 15 is 0 Å². The number of unbranched alkanes of at least 4 members (excludes halogenated alkanes) is 9. The Hall–Kier alpha value is -4.54. The first kappa shape index (κ1) is 45.8. The molecule has 0 bridgehead atoms. The minimum absolute atomic E-state index is 0.00992. The van der Waals surface area contributed by atoms with Crippen LogP contribution in [0.3, 0.4) is 0 Å². The third-order valence-electron chi connectivity index (χ3n) is 9.87. The number of oxazole rings is 1. The number of phenolic OH excluding ortho intramolecular Hbond substituents is 1. The van der Waals surface area contributed by atoms with Crippen LogP contribution in [0.5, 0.6) is 5.75 Å². The number of esters is 1. The van der Waals surface area contributed by atoms with Gasteiger partial charge in [-0.3, -0.25) is 29.6 Å². The van der Waals surface area contributed by atoms with E-state index in [1.54, 1.807) is 25.1 Å². The third kappa shape index (κ3) is 15.2. The zero-order valence-corrected chi connectivity index (χ0v) is 33.3. The first-order valence-corrected chi connectivity index (χ1v) is 20.0. The number of hydroxylamine groups is 4. The number of hydrogen-bond donors (Lipinski definition) is 5. The van der Waals surface area contributed by atoms with Crippen LogP contribution in [0.25, 0.3) is 11.5 Å². The Morgan fingerprint density at radius 2 is 1.66 bits per heavy atom. The number of benzene rings is 1. The molecule has 16 heteroatoms. The summed E-state index contributed by atoms with van der Waals surface area (Å²) in [5, 5.41) is 36.7. The Labute approximate surface area is 329 Å². The summed E-state index contributed by atoms with van der Waals surface area (Å²) >= 11 is 0. The topological polar surface area (TPSA) is 221 Å². The molecule has 4 unspecified atom stereocenters. The van der Waals surface area contributed by atoms with Crippen LogP contribution in [0.2, 0.25) is 0 Å². The molecule has 0 radical (unpaired) electrons. The van der Waals surface area contributed by atoms with Crippen LogP contribution in [0, 0.1) is 12.8 Å². The van der Waals surface area contributed by atoms with E-state index in [1.165, 1.54) is 38.7 Å². The molecule has 4 atom stereocenters. The second-order valence-electron chi connectivity index (χ2n) is 14.5. The molecule has 1 aromatic carbocycles. The Morgan fingerprint density at radius 3 is 2.34 bits per heavy atom. The molecule has 56 heavy (non-hydrogen) atoms. The van der Waals surface area contributed by atoms with Gasteiger partial charge in [0.2, 0.25) is 11.8 Å². The highest BCUT2D eigenvalue weighted by Crippen LogP contribution is 2.29. The van der Waals surface area contributed by atoms with E-state index in [9.17, 15) is 39.5 Å². The summed E-state index contributed by atoms with van der Waals surface area (Å²) in [4.78, 5) is 74.1. The molecule has 5 N–H and O–H groups in total. The van der Waals surface area contributed by atoms with Crippen LogP contribution in [0.1, 0.15) is 140 Å². The largest absolute Gasteiger partial charge is 0.507 e. The number of carbonyl (C=O) groups is 5. The van der Waals surface area contributed by atoms with Gasteiger partial charge in [0.15, 0.2) is 5.69 Å². The third-order valence-corrected chi connectivity index (χ3v) is 9.87. The number of carbonyl (C=O) groups excluding carboxylic acids is 5. The predicted molar refractivity (Wildman–Crippen MR) is 204 cm³/mol. The highest BCUT2D eigenvalue weighted by Gasteiger charge is 2.35. The number of aromatic hydroxyl groups is 1. The number of ether oxygens (including phenoxy) is 1. The van der Waals surface area contributed by atoms with Gasteiger partial charge in [-0.15, -0.1) is 0 Å². The minimum Gasteiger partial charge on any atom is -0.507 e. The second-order valence-corrected chi connectivity index (χ2v) is 14.5. The maximum atomic E-state index is 14.0. The van der Waals surface area contributed by atoms with Crippen LogP contribution in [0.4, 0.5) is 0 Å². The number of aryl methyl sites for hydroxylation is 1. The normalized spacial score (nSPS) is 16.2. The SMILES string of the molecule is CCCCCCCCCCCC(OC(=O)C(CCCCN(O)OC(C)=O)NC(=O)c1nc(-c2ccccc2O)oc1C)C(C)C(=O)NC1CCCCN(O)C1=O. The molecule has 2 heterocycles. The number of amides is 3. The van der Waals surface area contributed by atoms with Crippen LogP contribution < -0.4 is 10.6 Å². The first-order valence-electron chi connectivity index (χ1n) is 20.0. The number of nitrogens with zero attached hydrogens (tertiary/aromatic N) is 3. The number of hydrogen-bond acceptors (Lipinski definition) is 13. The molecule has 1 aromatic heterocycles. The Kier molecular flexibility index (Phi) is 19.8. The Bertz CT molecular complexity index is 1570. The molecule has 3 rings (SSSR count). The predicted octanol–water partition coefficient (Wildman–Crippen LogP) is 6.15. The standard InChI is InChI=1S/C40H61N5O11/c1-5-6-7-8-9-10-11-12-13-24-34(27(2)36(48)41-31-21-16-18-25-44(52)39(31)50)55-40(51)32(22-17-19-26-45(53)56-29(4)46)42-37(49)35-28(3)54-38(43-35)30-20-14-15-23-33(30)47/h14-15,20,23,27,31-32,34,47,52-53H,5-13,16-19,21-22,24-26H2,1-4H3,(H,41,48)(H,42,49). The van der Waals surface area contributed by atoms with E-state index in [-0.39, 0.29) is 61.0 Å². The molecule has 3 amide bonds. The molecule has 1 aliphatic heterocycles. The molecule has 2 aromatic rings. The maximum Gasteiger partial charge on any atom is 0.328 e. The number of para-hydroxylation sites is 1. The van der Waals surface area contributed by atoms with Gasteiger partial charge in [-0.2, -0.15) is 0 Å². The molecular weight excluding hydrogens is 726 g/mol. The monoisotopic (exact) mass is 787 g/mol. The average Bonchev–Trinajstić information content (AvgIpc) is 3.48. The molecule has 1 saturated heterocycles. The fourth-order valence-corrected chi connectivity index (χ4v) is 6.57. The molecule has 1 fully saturated rings. The van der Waals surface area contributed by atoms with Gasteiger partial charge in [0.05, 0.1) is 18.0 Å². The summed E-state index contributed by atoms with van der Waals surface area (Å²) in [6.07, 6.45) is 11.2.